The number of fused-ring (bicyclic) bond motifs is 1. The van der Waals surface area contributed by atoms with Crippen molar-refractivity contribution in [2.45, 2.75) is 24.8 Å². The molecule has 2 fully saturated rings. The van der Waals surface area contributed by atoms with Gasteiger partial charge in [-0.3, -0.25) is 4.90 Å². The van der Waals surface area contributed by atoms with E-state index in [0.717, 1.165) is 51.3 Å². The molecule has 3 aromatic carbocycles. The molecule has 0 N–H and O–H groups in total. The quantitative estimate of drug-likeness (QED) is 0.332. The molecule has 2 unspecified atom stereocenters. The number of halogens is 2. The van der Waals surface area contributed by atoms with Gasteiger partial charge in [-0.2, -0.15) is 12.3 Å². The van der Waals surface area contributed by atoms with Crippen LogP contribution in [0.25, 0.3) is 0 Å². The maximum Gasteiger partial charge on any atom is 0.350 e. The first-order valence-electron chi connectivity index (χ1n) is 12.9. The molecule has 8 heteroatoms. The van der Waals surface area contributed by atoms with E-state index in [2.05, 4.69) is 52.3 Å². The van der Waals surface area contributed by atoms with E-state index in [4.69, 9.17) is 0 Å². The maximum atomic E-state index is 13.3. The van der Waals surface area contributed by atoms with E-state index in [1.54, 1.807) is 0 Å². The van der Waals surface area contributed by atoms with Crippen LogP contribution in [0.4, 0.5) is 10.1 Å². The molecule has 37 heavy (non-hydrogen) atoms. The van der Waals surface area contributed by atoms with Crippen LogP contribution < -0.4 is 4.90 Å². The first kappa shape index (κ1) is 26.2. The van der Waals surface area contributed by atoms with Crippen LogP contribution in [0.15, 0.2) is 78.9 Å². The summed E-state index contributed by atoms with van der Waals surface area (Å²) in [6.07, 6.45) is 1.92. The molecule has 3 aromatic rings. The molecule has 2 saturated heterocycles. The first-order chi connectivity index (χ1) is 17.4. The number of sulfonamides is 1. The molecule has 6 rings (SSSR count). The zero-order chi connectivity index (χ0) is 24.8. The van der Waals surface area contributed by atoms with E-state index >= 15 is 0 Å². The van der Waals surface area contributed by atoms with E-state index in [1.807, 2.05) is 24.3 Å². The van der Waals surface area contributed by atoms with Gasteiger partial charge in [0, 0.05) is 37.4 Å². The van der Waals surface area contributed by atoms with E-state index in [0.29, 0.717) is 13.1 Å². The van der Waals surface area contributed by atoms with Crippen LogP contribution in [0.2, 0.25) is 0 Å². The number of benzene rings is 3. The van der Waals surface area contributed by atoms with Crippen molar-refractivity contribution < 1.29 is 16.7 Å². The van der Waals surface area contributed by atoms with Gasteiger partial charge >= 0.3 is 10.0 Å². The lowest BCUT2D eigenvalue weighted by Gasteiger charge is -2.42. The van der Waals surface area contributed by atoms with Crippen molar-refractivity contribution in [3.05, 3.63) is 101 Å². The minimum atomic E-state index is -3.08. The fourth-order valence-corrected chi connectivity index (χ4v) is 8.22. The van der Waals surface area contributed by atoms with Crippen LogP contribution in [0, 0.1) is 5.82 Å². The highest BCUT2D eigenvalue weighted by Crippen LogP contribution is 2.51. The van der Waals surface area contributed by atoms with Gasteiger partial charge in [0.15, 0.2) is 0 Å². The van der Waals surface area contributed by atoms with E-state index in [-0.39, 0.29) is 33.4 Å². The SMILES string of the molecule is Cl.O=S1(=O)C[N+]12Cc1ccccc1C(CCCN1CCN(c3ccc(F)cc3)CC1)(c1ccccc1)C2. The molecule has 3 aliphatic rings. The molecular weight excluding hydrogens is 509 g/mol. The van der Waals surface area contributed by atoms with Crippen LogP contribution in [-0.2, 0) is 22.0 Å². The Morgan fingerprint density at radius 3 is 2.19 bits per heavy atom. The molecule has 0 radical (unpaired) electrons. The number of piperazine rings is 1. The van der Waals surface area contributed by atoms with Gasteiger partial charge in [0.05, 0.1) is 5.41 Å². The van der Waals surface area contributed by atoms with Crippen molar-refractivity contribution in [3.8, 4) is 0 Å². The average Bonchev–Trinajstić information content (AvgIpc) is 3.42. The zero-order valence-electron chi connectivity index (χ0n) is 20.9. The Bertz CT molecular complexity index is 1350. The van der Waals surface area contributed by atoms with E-state index in [9.17, 15) is 12.8 Å². The van der Waals surface area contributed by atoms with Crippen LogP contribution in [0.3, 0.4) is 0 Å². The lowest BCUT2D eigenvalue weighted by atomic mass is 9.67. The van der Waals surface area contributed by atoms with Gasteiger partial charge in [-0.05, 0) is 54.8 Å². The van der Waals surface area contributed by atoms with Crippen LogP contribution in [0.5, 0.6) is 0 Å². The Morgan fingerprint density at radius 1 is 0.865 bits per heavy atom. The van der Waals surface area contributed by atoms with Crippen molar-refractivity contribution in [3.63, 3.8) is 0 Å². The Hall–Kier alpha value is -2.45. The van der Waals surface area contributed by atoms with Gasteiger partial charge in [-0.15, -0.1) is 12.4 Å². The molecule has 0 bridgehead atoms. The van der Waals surface area contributed by atoms with Gasteiger partial charge in [-0.25, -0.2) is 4.39 Å². The van der Waals surface area contributed by atoms with Crippen molar-refractivity contribution in [2.75, 3.05) is 50.0 Å². The third-order valence-corrected chi connectivity index (χ3v) is 10.5. The minimum Gasteiger partial charge on any atom is -0.369 e. The first-order valence-corrected chi connectivity index (χ1v) is 14.5. The van der Waals surface area contributed by atoms with Gasteiger partial charge in [-0.1, -0.05) is 54.6 Å². The fraction of sp³-hybridized carbons (Fsp3) is 0.379. The second kappa shape index (κ2) is 10.0. The van der Waals surface area contributed by atoms with Crippen molar-refractivity contribution in [2.24, 2.45) is 0 Å². The fourth-order valence-electron chi connectivity index (χ4n) is 6.48. The number of nitrogens with zero attached hydrogens (tertiary/aromatic N) is 3. The highest BCUT2D eigenvalue weighted by molar-refractivity contribution is 7.90. The second-order valence-electron chi connectivity index (χ2n) is 10.6. The summed E-state index contributed by atoms with van der Waals surface area (Å²) >= 11 is 0. The summed E-state index contributed by atoms with van der Waals surface area (Å²) in [6, 6.07) is 25.8. The van der Waals surface area contributed by atoms with E-state index < -0.39 is 10.0 Å². The van der Waals surface area contributed by atoms with Gasteiger partial charge in [0.25, 0.3) is 0 Å². The maximum absolute atomic E-state index is 13.3. The topological polar surface area (TPSA) is 40.6 Å². The number of rotatable bonds is 6. The van der Waals surface area contributed by atoms with Gasteiger partial charge < -0.3 is 4.90 Å². The predicted octanol–water partition coefficient (Wildman–Crippen LogP) is 4.77. The smallest absolute Gasteiger partial charge is 0.350 e. The van der Waals surface area contributed by atoms with Crippen LogP contribution in [-0.4, -0.2) is 62.4 Å². The summed E-state index contributed by atoms with van der Waals surface area (Å²) in [5.74, 6) is 0.0507. The molecule has 0 saturated carbocycles. The lowest BCUT2D eigenvalue weighted by Crippen LogP contribution is -2.50. The van der Waals surface area contributed by atoms with E-state index in [1.165, 1.54) is 28.8 Å². The average molecular weight is 543 g/mol. The summed E-state index contributed by atoms with van der Waals surface area (Å²) in [5.41, 5.74) is 4.45. The number of quaternary nitrogens is 1. The number of hydrogen-bond acceptors (Lipinski definition) is 4. The lowest BCUT2D eigenvalue weighted by molar-refractivity contribution is -0.756. The molecule has 1 spiro atoms. The van der Waals surface area contributed by atoms with Crippen molar-refractivity contribution in [1.82, 2.24) is 4.90 Å². The summed E-state index contributed by atoms with van der Waals surface area (Å²) in [4.78, 5) is 4.82. The molecule has 5 nitrogen and oxygen atoms in total. The summed E-state index contributed by atoms with van der Waals surface area (Å²) in [7, 11) is -3.08. The third kappa shape index (κ3) is 4.78. The number of hydrogen-bond donors (Lipinski definition) is 0. The second-order valence-corrected chi connectivity index (χ2v) is 12.8. The molecule has 3 heterocycles. The third-order valence-electron chi connectivity index (χ3n) is 8.43. The Morgan fingerprint density at radius 2 is 1.51 bits per heavy atom. The van der Waals surface area contributed by atoms with Gasteiger partial charge in [0.2, 0.25) is 5.88 Å². The molecule has 0 aromatic heterocycles. The normalized spacial score (nSPS) is 26.4. The zero-order valence-corrected chi connectivity index (χ0v) is 22.6. The minimum absolute atomic E-state index is 0. The number of anilines is 1. The molecule has 196 valence electrons. The largest absolute Gasteiger partial charge is 0.369 e. The highest BCUT2D eigenvalue weighted by Gasteiger charge is 2.67. The van der Waals surface area contributed by atoms with Crippen LogP contribution >= 0.6 is 12.4 Å². The Kier molecular flexibility index (Phi) is 7.09. The summed E-state index contributed by atoms with van der Waals surface area (Å²) < 4.78 is 39.1. The van der Waals surface area contributed by atoms with Crippen molar-refractivity contribution in [1.29, 1.82) is 0 Å². The standard InChI is InChI=1S/C29H33FN3O2S.ClH/c30-26-11-13-27(14-12-26)32-19-17-31(18-20-32)16-6-15-29(25-8-2-1-3-9-25)22-33(23-36(33,34)35)21-24-7-4-5-10-28(24)29;/h1-5,7-14H,6,15-23H2;1H/q+1;. The summed E-state index contributed by atoms with van der Waals surface area (Å²) in [6.45, 7) is 5.99. The molecule has 2 atom stereocenters. The van der Waals surface area contributed by atoms with Crippen LogP contribution in [0.1, 0.15) is 29.5 Å². The van der Waals surface area contributed by atoms with Crippen molar-refractivity contribution >= 4 is 28.1 Å². The molecular formula is C29H34ClFN3O2S+. The summed E-state index contributed by atoms with van der Waals surface area (Å²) in [5, 5.41) is 0. The van der Waals surface area contributed by atoms with Gasteiger partial charge in [0.1, 0.15) is 18.9 Å². The Balaban J connectivity index is 0.00000280. The Labute approximate surface area is 225 Å². The molecule has 0 aliphatic carbocycles. The molecule has 3 aliphatic heterocycles. The highest BCUT2D eigenvalue weighted by atomic mass is 35.5. The monoisotopic (exact) mass is 542 g/mol. The predicted molar refractivity (Wildman–Crippen MR) is 148 cm³/mol. The molecule has 0 amide bonds.